The van der Waals surface area contributed by atoms with Crippen molar-refractivity contribution in [2.24, 2.45) is 0 Å². The minimum absolute atomic E-state index is 0.236. The molecule has 6 nitrogen and oxygen atoms in total. The fourth-order valence-electron chi connectivity index (χ4n) is 1.87. The van der Waals surface area contributed by atoms with Gasteiger partial charge < -0.3 is 9.47 Å². The lowest BCUT2D eigenvalue weighted by molar-refractivity contribution is -0.0103. The number of amides is 2. The molecule has 2 amide bonds. The summed E-state index contributed by atoms with van der Waals surface area (Å²) in [6.07, 6.45) is 2.53. The normalized spacial score (nSPS) is 13.0. The van der Waals surface area contributed by atoms with Crippen LogP contribution in [0.5, 0.6) is 0 Å². The van der Waals surface area contributed by atoms with Crippen LogP contribution in [-0.4, -0.2) is 34.4 Å². The minimum Gasteiger partial charge on any atom is -0.443 e. The van der Waals surface area contributed by atoms with E-state index in [1.165, 1.54) is 5.01 Å². The molecule has 0 aliphatic heterocycles. The highest BCUT2D eigenvalue weighted by molar-refractivity contribution is 5.74. The zero-order valence-electron chi connectivity index (χ0n) is 15.6. The quantitative estimate of drug-likeness (QED) is 0.599. The van der Waals surface area contributed by atoms with Crippen LogP contribution in [-0.2, 0) is 9.47 Å². The molecule has 0 spiro atoms. The first-order chi connectivity index (χ1) is 10.4. The van der Waals surface area contributed by atoms with Crippen molar-refractivity contribution in [2.45, 2.75) is 85.0 Å². The van der Waals surface area contributed by atoms with Crippen LogP contribution in [0.25, 0.3) is 0 Å². The summed E-state index contributed by atoms with van der Waals surface area (Å²) in [6.45, 7) is 16.3. The van der Waals surface area contributed by atoms with Crippen molar-refractivity contribution in [1.29, 1.82) is 0 Å². The zero-order valence-corrected chi connectivity index (χ0v) is 15.6. The average molecular weight is 328 g/mol. The average Bonchev–Trinajstić information content (AvgIpc) is 2.31. The van der Waals surface area contributed by atoms with Gasteiger partial charge in [-0.25, -0.2) is 20.0 Å². The topological polar surface area (TPSA) is 67.9 Å². The summed E-state index contributed by atoms with van der Waals surface area (Å²) in [6, 6.07) is -0.236. The first-order valence-corrected chi connectivity index (χ1v) is 8.02. The van der Waals surface area contributed by atoms with Crippen molar-refractivity contribution >= 4 is 12.2 Å². The molecule has 0 saturated carbocycles. The number of hydrogen-bond acceptors (Lipinski definition) is 4. The van der Waals surface area contributed by atoms with E-state index in [1.54, 1.807) is 47.6 Å². The van der Waals surface area contributed by atoms with Crippen molar-refractivity contribution < 1.29 is 19.1 Å². The highest BCUT2D eigenvalue weighted by Crippen LogP contribution is 2.16. The van der Waals surface area contributed by atoms with Gasteiger partial charge >= 0.3 is 12.2 Å². The molecule has 0 aliphatic rings. The number of rotatable bonds is 5. The molecule has 6 heteroatoms. The maximum atomic E-state index is 12.5. The monoisotopic (exact) mass is 328 g/mol. The first kappa shape index (κ1) is 21.3. The zero-order chi connectivity index (χ0) is 18.3. The van der Waals surface area contributed by atoms with Gasteiger partial charge in [0.1, 0.15) is 11.2 Å². The SMILES string of the molecule is C=CCC(CCC)N(NC(=O)OC(C)(C)C)C(=O)OC(C)(C)C. The summed E-state index contributed by atoms with van der Waals surface area (Å²) < 4.78 is 10.6. The Bertz CT molecular complexity index is 408. The maximum Gasteiger partial charge on any atom is 0.429 e. The molecule has 1 N–H and O–H groups in total. The number of hydrogen-bond donors (Lipinski definition) is 1. The van der Waals surface area contributed by atoms with Gasteiger partial charge in [0.2, 0.25) is 0 Å². The standard InChI is InChI=1S/C17H32N2O4/c1-9-11-13(12-10-2)19(15(21)23-17(6,7)8)18-14(20)22-16(3,4)5/h9,13H,1,10-12H2,2-8H3,(H,18,20). The van der Waals surface area contributed by atoms with Gasteiger partial charge in [-0.3, -0.25) is 0 Å². The van der Waals surface area contributed by atoms with Crippen LogP contribution in [0.4, 0.5) is 9.59 Å². The number of carbonyl (C=O) groups is 2. The molecule has 1 atom stereocenters. The molecule has 0 heterocycles. The van der Waals surface area contributed by atoms with E-state index in [0.29, 0.717) is 12.8 Å². The Labute approximate surface area is 140 Å². The van der Waals surface area contributed by atoms with Gasteiger partial charge in [-0.05, 0) is 54.4 Å². The molecular formula is C17H32N2O4. The molecular weight excluding hydrogens is 296 g/mol. The molecule has 0 bridgehead atoms. The lowest BCUT2D eigenvalue weighted by atomic mass is 10.1. The van der Waals surface area contributed by atoms with E-state index in [-0.39, 0.29) is 6.04 Å². The van der Waals surface area contributed by atoms with E-state index in [2.05, 4.69) is 12.0 Å². The predicted molar refractivity (Wildman–Crippen MR) is 91.0 cm³/mol. The molecule has 0 aromatic rings. The van der Waals surface area contributed by atoms with Gasteiger partial charge in [0, 0.05) is 0 Å². The summed E-state index contributed by atoms with van der Waals surface area (Å²) in [5.41, 5.74) is 1.21. The summed E-state index contributed by atoms with van der Waals surface area (Å²) in [5, 5.41) is 1.21. The van der Waals surface area contributed by atoms with Crippen molar-refractivity contribution in [3.63, 3.8) is 0 Å². The molecule has 0 aromatic carbocycles. The van der Waals surface area contributed by atoms with Gasteiger partial charge in [0.25, 0.3) is 0 Å². The third kappa shape index (κ3) is 9.81. The highest BCUT2D eigenvalue weighted by atomic mass is 16.6. The predicted octanol–water partition coefficient (Wildman–Crippen LogP) is 4.41. The largest absolute Gasteiger partial charge is 0.443 e. The lowest BCUT2D eigenvalue weighted by Crippen LogP contribution is -2.54. The summed E-state index contributed by atoms with van der Waals surface area (Å²) in [4.78, 5) is 24.5. The van der Waals surface area contributed by atoms with E-state index >= 15 is 0 Å². The third-order valence-corrected chi connectivity index (χ3v) is 2.63. The van der Waals surface area contributed by atoms with Crippen LogP contribution in [0.15, 0.2) is 12.7 Å². The molecule has 0 aliphatic carbocycles. The number of carbonyl (C=O) groups excluding carboxylic acids is 2. The molecule has 0 saturated heterocycles. The van der Waals surface area contributed by atoms with Gasteiger partial charge in [-0.15, -0.1) is 6.58 Å². The van der Waals surface area contributed by atoms with Crippen LogP contribution in [0.2, 0.25) is 0 Å². The smallest absolute Gasteiger partial charge is 0.429 e. The Kier molecular flexibility index (Phi) is 8.14. The number of nitrogens with one attached hydrogen (secondary N) is 1. The van der Waals surface area contributed by atoms with Crippen molar-refractivity contribution in [2.75, 3.05) is 0 Å². The maximum absolute atomic E-state index is 12.5. The Hall–Kier alpha value is -1.72. The van der Waals surface area contributed by atoms with Gasteiger partial charge in [0.05, 0.1) is 6.04 Å². The van der Waals surface area contributed by atoms with Crippen LogP contribution in [0.1, 0.15) is 67.7 Å². The van der Waals surface area contributed by atoms with Gasteiger partial charge in [0.15, 0.2) is 0 Å². The van der Waals surface area contributed by atoms with Crippen LogP contribution < -0.4 is 5.43 Å². The Morgan fingerprint density at radius 1 is 1.13 bits per heavy atom. The summed E-state index contributed by atoms with van der Waals surface area (Å²) in [5.74, 6) is 0. The molecule has 0 rings (SSSR count). The second kappa shape index (κ2) is 8.79. The third-order valence-electron chi connectivity index (χ3n) is 2.63. The second-order valence-corrected chi connectivity index (χ2v) is 7.43. The van der Waals surface area contributed by atoms with Crippen molar-refractivity contribution in [3.8, 4) is 0 Å². The molecule has 23 heavy (non-hydrogen) atoms. The van der Waals surface area contributed by atoms with Crippen LogP contribution in [0.3, 0.4) is 0 Å². The number of hydrazine groups is 1. The second-order valence-electron chi connectivity index (χ2n) is 7.43. The van der Waals surface area contributed by atoms with Gasteiger partial charge in [-0.2, -0.15) is 0 Å². The lowest BCUT2D eigenvalue weighted by Gasteiger charge is -2.33. The molecule has 1 unspecified atom stereocenters. The Morgan fingerprint density at radius 3 is 2.04 bits per heavy atom. The Morgan fingerprint density at radius 2 is 1.65 bits per heavy atom. The van der Waals surface area contributed by atoms with Crippen LogP contribution >= 0.6 is 0 Å². The number of ether oxygens (including phenoxy) is 2. The molecule has 0 aromatic heterocycles. The van der Waals surface area contributed by atoms with Crippen molar-refractivity contribution in [1.82, 2.24) is 10.4 Å². The van der Waals surface area contributed by atoms with Crippen molar-refractivity contribution in [3.05, 3.63) is 12.7 Å². The molecule has 0 radical (unpaired) electrons. The van der Waals surface area contributed by atoms with Gasteiger partial charge in [-0.1, -0.05) is 19.4 Å². The molecule has 134 valence electrons. The van der Waals surface area contributed by atoms with E-state index in [9.17, 15) is 9.59 Å². The van der Waals surface area contributed by atoms with E-state index < -0.39 is 23.4 Å². The Balaban J connectivity index is 5.22. The van der Waals surface area contributed by atoms with E-state index in [4.69, 9.17) is 9.47 Å². The molecule has 0 fully saturated rings. The highest BCUT2D eigenvalue weighted by Gasteiger charge is 2.30. The minimum atomic E-state index is -0.687. The summed E-state index contributed by atoms with van der Waals surface area (Å²) in [7, 11) is 0. The van der Waals surface area contributed by atoms with E-state index in [0.717, 1.165) is 6.42 Å². The van der Waals surface area contributed by atoms with E-state index in [1.807, 2.05) is 6.92 Å². The van der Waals surface area contributed by atoms with Crippen LogP contribution in [0, 0.1) is 0 Å². The first-order valence-electron chi connectivity index (χ1n) is 8.02. The summed E-state index contributed by atoms with van der Waals surface area (Å²) >= 11 is 0. The number of nitrogens with zero attached hydrogens (tertiary/aromatic N) is 1. The fourth-order valence-corrected chi connectivity index (χ4v) is 1.87. The fraction of sp³-hybridized carbons (Fsp3) is 0.765.